The Labute approximate surface area is 138 Å². The molecule has 0 bridgehead atoms. The van der Waals surface area contributed by atoms with Crippen molar-refractivity contribution in [2.75, 3.05) is 13.8 Å². The molecule has 2 aromatic carbocycles. The zero-order valence-corrected chi connectivity index (χ0v) is 12.9. The van der Waals surface area contributed by atoms with Gasteiger partial charge in [0.05, 0.1) is 6.04 Å². The Morgan fingerprint density at radius 1 is 1.17 bits per heavy atom. The van der Waals surface area contributed by atoms with Gasteiger partial charge in [-0.05, 0) is 29.3 Å². The summed E-state index contributed by atoms with van der Waals surface area (Å²) in [4.78, 5) is 26.2. The number of likely N-dealkylation sites (N-methyl/N-ethyl adjacent to an activating group) is 1. The molecule has 2 aromatic rings. The van der Waals surface area contributed by atoms with Crippen LogP contribution in [0.4, 0.5) is 0 Å². The molecule has 2 aliphatic rings. The monoisotopic (exact) mass is 325 g/mol. The summed E-state index contributed by atoms with van der Waals surface area (Å²) in [5, 5.41) is 9.82. The van der Waals surface area contributed by atoms with E-state index in [1.54, 1.807) is 49.5 Å². The number of fused-ring (bicyclic) bond motifs is 2. The molecule has 0 aliphatic carbocycles. The van der Waals surface area contributed by atoms with Crippen LogP contribution in [0.15, 0.2) is 42.5 Å². The summed E-state index contributed by atoms with van der Waals surface area (Å²) in [6.45, 7) is 0.142. The number of benzene rings is 2. The molecule has 0 aromatic heterocycles. The van der Waals surface area contributed by atoms with E-state index >= 15 is 0 Å². The molecule has 1 amide bonds. The number of amides is 1. The molecule has 24 heavy (non-hydrogen) atoms. The number of hydrogen-bond acceptors (Lipinski definition) is 4. The van der Waals surface area contributed by atoms with E-state index in [1.807, 2.05) is 0 Å². The van der Waals surface area contributed by atoms with Gasteiger partial charge in [0.25, 0.3) is 5.91 Å². The van der Waals surface area contributed by atoms with Gasteiger partial charge in [-0.3, -0.25) is 9.59 Å². The minimum absolute atomic E-state index is 0.142. The third kappa shape index (κ3) is 2.03. The zero-order chi connectivity index (χ0) is 16.8. The maximum absolute atomic E-state index is 12.7. The molecule has 6 heteroatoms. The van der Waals surface area contributed by atoms with Crippen molar-refractivity contribution < 1.29 is 24.2 Å². The van der Waals surface area contributed by atoms with Crippen LogP contribution in [0.5, 0.6) is 11.5 Å². The molecule has 2 atom stereocenters. The van der Waals surface area contributed by atoms with E-state index in [4.69, 9.17) is 9.47 Å². The van der Waals surface area contributed by atoms with E-state index in [0.717, 1.165) is 0 Å². The summed E-state index contributed by atoms with van der Waals surface area (Å²) in [5.41, 5.74) is 1.68. The summed E-state index contributed by atoms with van der Waals surface area (Å²) in [7, 11) is 1.63. The van der Waals surface area contributed by atoms with Crippen molar-refractivity contribution in [3.05, 3.63) is 59.2 Å². The van der Waals surface area contributed by atoms with Crippen LogP contribution in [0.2, 0.25) is 0 Å². The predicted octanol–water partition coefficient (Wildman–Crippen LogP) is 2.41. The fraction of sp³-hybridized carbons (Fsp3) is 0.222. The lowest BCUT2D eigenvalue weighted by atomic mass is 9.80. The highest BCUT2D eigenvalue weighted by atomic mass is 16.7. The third-order valence-corrected chi connectivity index (χ3v) is 4.58. The molecule has 122 valence electrons. The van der Waals surface area contributed by atoms with Crippen molar-refractivity contribution in [1.29, 1.82) is 0 Å². The van der Waals surface area contributed by atoms with Crippen LogP contribution in [0.3, 0.4) is 0 Å². The lowest BCUT2D eigenvalue weighted by Gasteiger charge is -2.38. The average Bonchev–Trinajstić information content (AvgIpc) is 3.05. The van der Waals surface area contributed by atoms with Crippen LogP contribution < -0.4 is 9.47 Å². The second-order valence-electron chi connectivity index (χ2n) is 5.88. The smallest absolute Gasteiger partial charge is 0.313 e. The van der Waals surface area contributed by atoms with E-state index in [9.17, 15) is 14.7 Å². The molecule has 0 unspecified atom stereocenters. The second-order valence-corrected chi connectivity index (χ2v) is 5.88. The number of nitrogens with zero attached hydrogens (tertiary/aromatic N) is 1. The van der Waals surface area contributed by atoms with Gasteiger partial charge in [0.2, 0.25) is 6.79 Å². The Bertz CT molecular complexity index is 847. The van der Waals surface area contributed by atoms with Crippen molar-refractivity contribution in [2.24, 2.45) is 0 Å². The standard InChI is InChI=1S/C18H15NO5/c1-19-16(10-6-7-13-14(8-10)24-9-23-13)15(18(21)22)11-4-2-3-5-12(11)17(19)20/h2-8,15-16H,9H2,1H3,(H,21,22)/t15-,16+/m1/s1. The number of carbonyl (C=O) groups is 2. The van der Waals surface area contributed by atoms with Crippen molar-refractivity contribution in [3.63, 3.8) is 0 Å². The Balaban J connectivity index is 1.87. The first kappa shape index (κ1) is 14.6. The van der Waals surface area contributed by atoms with E-state index in [1.165, 1.54) is 4.90 Å². The topological polar surface area (TPSA) is 76.1 Å². The van der Waals surface area contributed by atoms with Crippen LogP contribution >= 0.6 is 0 Å². The number of aliphatic carboxylic acids is 1. The molecular weight excluding hydrogens is 310 g/mol. The first-order chi connectivity index (χ1) is 11.6. The Hall–Kier alpha value is -3.02. The van der Waals surface area contributed by atoms with Gasteiger partial charge in [0.15, 0.2) is 11.5 Å². The third-order valence-electron chi connectivity index (χ3n) is 4.58. The highest BCUT2D eigenvalue weighted by molar-refractivity contribution is 6.00. The fourth-order valence-electron chi connectivity index (χ4n) is 3.45. The highest BCUT2D eigenvalue weighted by Gasteiger charge is 2.43. The van der Waals surface area contributed by atoms with Crippen LogP contribution in [0.25, 0.3) is 0 Å². The molecule has 0 saturated carbocycles. The zero-order valence-electron chi connectivity index (χ0n) is 12.9. The molecule has 0 radical (unpaired) electrons. The number of hydrogen-bond donors (Lipinski definition) is 1. The number of rotatable bonds is 2. The van der Waals surface area contributed by atoms with Gasteiger partial charge in [-0.2, -0.15) is 0 Å². The van der Waals surface area contributed by atoms with Gasteiger partial charge in [0.1, 0.15) is 5.92 Å². The molecule has 6 nitrogen and oxygen atoms in total. The summed E-state index contributed by atoms with van der Waals surface area (Å²) in [6, 6.07) is 11.5. The number of ether oxygens (including phenoxy) is 2. The fourth-order valence-corrected chi connectivity index (χ4v) is 3.45. The van der Waals surface area contributed by atoms with E-state index < -0.39 is 17.9 Å². The summed E-state index contributed by atoms with van der Waals surface area (Å²) < 4.78 is 10.7. The van der Waals surface area contributed by atoms with Crippen LogP contribution in [-0.4, -0.2) is 35.7 Å². The number of carbonyl (C=O) groups excluding carboxylic acids is 1. The van der Waals surface area contributed by atoms with Gasteiger partial charge in [-0.1, -0.05) is 24.3 Å². The lowest BCUT2D eigenvalue weighted by Crippen LogP contribution is -2.42. The minimum atomic E-state index is -0.968. The van der Waals surface area contributed by atoms with E-state index in [0.29, 0.717) is 28.2 Å². The van der Waals surface area contributed by atoms with Crippen molar-refractivity contribution >= 4 is 11.9 Å². The van der Waals surface area contributed by atoms with Gasteiger partial charge < -0.3 is 19.5 Å². The molecule has 2 aliphatic heterocycles. The Kier molecular flexibility index (Phi) is 3.19. The van der Waals surface area contributed by atoms with Crippen molar-refractivity contribution in [1.82, 2.24) is 4.90 Å². The average molecular weight is 325 g/mol. The molecule has 4 rings (SSSR count). The van der Waals surface area contributed by atoms with Crippen molar-refractivity contribution in [2.45, 2.75) is 12.0 Å². The van der Waals surface area contributed by atoms with Gasteiger partial charge >= 0.3 is 5.97 Å². The predicted molar refractivity (Wildman–Crippen MR) is 84.2 cm³/mol. The van der Waals surface area contributed by atoms with Gasteiger partial charge in [-0.15, -0.1) is 0 Å². The first-order valence-corrected chi connectivity index (χ1v) is 7.56. The number of carboxylic acids is 1. The molecule has 0 spiro atoms. The lowest BCUT2D eigenvalue weighted by molar-refractivity contribution is -0.140. The van der Waals surface area contributed by atoms with E-state index in [-0.39, 0.29) is 12.7 Å². The SMILES string of the molecule is CN1C(=O)c2ccccc2[C@@H](C(=O)O)[C@@H]1c1ccc2c(c1)OCO2. The Morgan fingerprint density at radius 3 is 2.71 bits per heavy atom. The first-order valence-electron chi connectivity index (χ1n) is 7.56. The Morgan fingerprint density at radius 2 is 1.92 bits per heavy atom. The largest absolute Gasteiger partial charge is 0.481 e. The maximum Gasteiger partial charge on any atom is 0.313 e. The maximum atomic E-state index is 12.7. The summed E-state index contributed by atoms with van der Waals surface area (Å²) >= 11 is 0. The van der Waals surface area contributed by atoms with E-state index in [2.05, 4.69) is 0 Å². The second kappa shape index (κ2) is 5.26. The summed E-state index contributed by atoms with van der Waals surface area (Å²) in [6.07, 6.45) is 0. The number of carboxylic acid groups (broad SMARTS) is 1. The molecular formula is C18H15NO5. The normalized spacial score (nSPS) is 21.5. The molecule has 0 saturated heterocycles. The summed E-state index contributed by atoms with van der Waals surface area (Å²) in [5.74, 6) is -0.813. The molecule has 0 fully saturated rings. The highest BCUT2D eigenvalue weighted by Crippen LogP contribution is 2.44. The minimum Gasteiger partial charge on any atom is -0.481 e. The quantitative estimate of drug-likeness (QED) is 0.917. The van der Waals surface area contributed by atoms with Crippen molar-refractivity contribution in [3.8, 4) is 11.5 Å². The van der Waals surface area contributed by atoms with Crippen LogP contribution in [-0.2, 0) is 4.79 Å². The van der Waals surface area contributed by atoms with Gasteiger partial charge in [0, 0.05) is 12.6 Å². The van der Waals surface area contributed by atoms with Gasteiger partial charge in [-0.25, -0.2) is 0 Å². The molecule has 1 N–H and O–H groups in total. The molecule has 2 heterocycles. The van der Waals surface area contributed by atoms with Crippen LogP contribution in [0.1, 0.15) is 33.4 Å². The van der Waals surface area contributed by atoms with Crippen LogP contribution in [0, 0.1) is 0 Å².